The minimum absolute atomic E-state index is 0.270. The maximum atomic E-state index is 5.83. The number of aryl methyl sites for hydroxylation is 1. The van der Waals surface area contributed by atoms with Crippen molar-refractivity contribution in [2.75, 3.05) is 12.8 Å². The first kappa shape index (κ1) is 12.6. The molecule has 94 valence electrons. The second-order valence-corrected chi connectivity index (χ2v) is 4.49. The van der Waals surface area contributed by atoms with Gasteiger partial charge in [-0.15, -0.1) is 0 Å². The van der Waals surface area contributed by atoms with Gasteiger partial charge in [0.1, 0.15) is 12.1 Å². The molecule has 1 aromatic heterocycles. The largest absolute Gasteiger partial charge is 0.479 e. The molecule has 2 N–H and O–H groups in total. The van der Waals surface area contributed by atoms with Crippen LogP contribution in [0.2, 0.25) is 0 Å². The molecule has 0 radical (unpaired) electrons. The lowest BCUT2D eigenvalue weighted by Crippen LogP contribution is -2.00. The first-order valence-corrected chi connectivity index (χ1v) is 5.99. The summed E-state index contributed by atoms with van der Waals surface area (Å²) in [6.07, 6.45) is 1.34. The molecule has 0 fully saturated rings. The van der Waals surface area contributed by atoms with Crippen molar-refractivity contribution < 1.29 is 9.47 Å². The second kappa shape index (κ2) is 5.22. The van der Waals surface area contributed by atoms with E-state index in [-0.39, 0.29) is 11.6 Å². The quantitative estimate of drug-likeness (QED) is 0.944. The Hall–Kier alpha value is -1.82. The van der Waals surface area contributed by atoms with Crippen molar-refractivity contribution in [1.29, 1.82) is 0 Å². The normalized spacial score (nSPS) is 10.2. The minimum Gasteiger partial charge on any atom is -0.479 e. The van der Waals surface area contributed by atoms with Gasteiger partial charge in [0.05, 0.1) is 11.6 Å². The highest BCUT2D eigenvalue weighted by atomic mass is 79.9. The maximum Gasteiger partial charge on any atom is 0.249 e. The number of ether oxygens (including phenoxy) is 2. The number of aromatic nitrogens is 2. The van der Waals surface area contributed by atoms with Crippen molar-refractivity contribution >= 4 is 21.6 Å². The molecule has 1 aromatic carbocycles. The number of nitrogen functional groups attached to an aromatic ring is 1. The summed E-state index contributed by atoms with van der Waals surface area (Å²) in [4.78, 5) is 7.87. The summed E-state index contributed by atoms with van der Waals surface area (Å²) < 4.78 is 11.5. The molecule has 0 saturated carbocycles. The number of halogens is 1. The molecule has 0 saturated heterocycles. The van der Waals surface area contributed by atoms with E-state index in [2.05, 4.69) is 25.9 Å². The topological polar surface area (TPSA) is 70.3 Å². The number of methoxy groups -OCH3 is 1. The molecular formula is C12H12BrN3O2. The van der Waals surface area contributed by atoms with E-state index in [1.54, 1.807) is 0 Å². The predicted octanol–water partition coefficient (Wildman–Crippen LogP) is 2.93. The van der Waals surface area contributed by atoms with Gasteiger partial charge in [-0.05, 0) is 40.5 Å². The van der Waals surface area contributed by atoms with Crippen LogP contribution in [0.15, 0.2) is 29.0 Å². The Labute approximate surface area is 113 Å². The van der Waals surface area contributed by atoms with Crippen molar-refractivity contribution in [2.45, 2.75) is 6.92 Å². The molecule has 0 aliphatic rings. The fourth-order valence-corrected chi connectivity index (χ4v) is 1.98. The van der Waals surface area contributed by atoms with Crippen LogP contribution in [0, 0.1) is 6.92 Å². The Kier molecular flexibility index (Phi) is 3.66. The lowest BCUT2D eigenvalue weighted by molar-refractivity contribution is 0.391. The average molecular weight is 310 g/mol. The van der Waals surface area contributed by atoms with Gasteiger partial charge in [-0.3, -0.25) is 0 Å². The molecular weight excluding hydrogens is 298 g/mol. The molecule has 0 atom stereocenters. The number of hydrogen-bond acceptors (Lipinski definition) is 5. The van der Waals surface area contributed by atoms with Gasteiger partial charge >= 0.3 is 0 Å². The molecule has 2 aromatic rings. The molecule has 0 unspecified atom stereocenters. The molecule has 0 amide bonds. The number of benzene rings is 1. The van der Waals surface area contributed by atoms with E-state index in [0.717, 1.165) is 10.0 Å². The minimum atomic E-state index is 0.270. The van der Waals surface area contributed by atoms with Crippen molar-refractivity contribution in [3.05, 3.63) is 34.6 Å². The van der Waals surface area contributed by atoms with E-state index in [0.29, 0.717) is 11.6 Å². The van der Waals surface area contributed by atoms with Gasteiger partial charge in [0.15, 0.2) is 5.69 Å². The number of rotatable bonds is 3. The van der Waals surface area contributed by atoms with Crippen LogP contribution in [0.5, 0.6) is 17.5 Å². The van der Waals surface area contributed by atoms with E-state index in [1.165, 1.54) is 13.4 Å². The van der Waals surface area contributed by atoms with Gasteiger partial charge in [0.25, 0.3) is 0 Å². The Morgan fingerprint density at radius 2 is 1.94 bits per heavy atom. The molecule has 6 heteroatoms. The van der Waals surface area contributed by atoms with Crippen LogP contribution in [0.1, 0.15) is 5.56 Å². The number of anilines is 1. The van der Waals surface area contributed by atoms with Crippen LogP contribution in [-0.2, 0) is 0 Å². The molecule has 2 rings (SSSR count). The molecule has 0 spiro atoms. The third kappa shape index (κ3) is 2.53. The number of nitrogens with zero attached hydrogens (tertiary/aromatic N) is 2. The van der Waals surface area contributed by atoms with Gasteiger partial charge in [0.2, 0.25) is 11.8 Å². The van der Waals surface area contributed by atoms with E-state index >= 15 is 0 Å². The smallest absolute Gasteiger partial charge is 0.249 e. The highest BCUT2D eigenvalue weighted by molar-refractivity contribution is 9.10. The second-order valence-electron chi connectivity index (χ2n) is 3.64. The molecule has 0 aliphatic carbocycles. The van der Waals surface area contributed by atoms with Crippen molar-refractivity contribution in [3.8, 4) is 17.5 Å². The molecule has 18 heavy (non-hydrogen) atoms. The van der Waals surface area contributed by atoms with Gasteiger partial charge in [-0.25, -0.2) is 0 Å². The van der Waals surface area contributed by atoms with Gasteiger partial charge in [0, 0.05) is 0 Å². The maximum absolute atomic E-state index is 5.83. The summed E-state index contributed by atoms with van der Waals surface area (Å²) in [5, 5.41) is 0. The summed E-state index contributed by atoms with van der Waals surface area (Å²) in [5.41, 5.74) is 7.23. The molecule has 5 nitrogen and oxygen atoms in total. The van der Waals surface area contributed by atoms with Gasteiger partial charge < -0.3 is 15.2 Å². The predicted molar refractivity (Wildman–Crippen MR) is 71.9 cm³/mol. The Bertz CT molecular complexity index is 575. The molecule has 0 bridgehead atoms. The lowest BCUT2D eigenvalue weighted by Gasteiger charge is -2.10. The monoisotopic (exact) mass is 309 g/mol. The summed E-state index contributed by atoms with van der Waals surface area (Å²) in [7, 11) is 1.49. The van der Waals surface area contributed by atoms with E-state index in [1.807, 2.05) is 25.1 Å². The summed E-state index contributed by atoms with van der Waals surface area (Å²) in [5.74, 6) is 1.20. The van der Waals surface area contributed by atoms with Crippen LogP contribution in [0.25, 0.3) is 0 Å². The number of hydrogen-bond donors (Lipinski definition) is 1. The first-order valence-electron chi connectivity index (χ1n) is 5.20. The van der Waals surface area contributed by atoms with Crippen LogP contribution < -0.4 is 15.2 Å². The summed E-state index contributed by atoms with van der Waals surface area (Å²) in [6.45, 7) is 2.00. The fourth-order valence-electron chi connectivity index (χ4n) is 1.40. The SMILES string of the molecule is COc1ncnc(Oc2ccc(C)cc2Br)c1N. The third-order valence-electron chi connectivity index (χ3n) is 2.30. The molecule has 1 heterocycles. The third-order valence-corrected chi connectivity index (χ3v) is 2.92. The highest BCUT2D eigenvalue weighted by Crippen LogP contribution is 2.34. The van der Waals surface area contributed by atoms with E-state index in [4.69, 9.17) is 15.2 Å². The zero-order valence-corrected chi connectivity index (χ0v) is 11.6. The summed E-state index contributed by atoms with van der Waals surface area (Å²) >= 11 is 3.42. The van der Waals surface area contributed by atoms with Gasteiger partial charge in [-0.2, -0.15) is 9.97 Å². The van der Waals surface area contributed by atoms with E-state index < -0.39 is 0 Å². The zero-order valence-electron chi connectivity index (χ0n) is 9.98. The van der Waals surface area contributed by atoms with Gasteiger partial charge in [-0.1, -0.05) is 6.07 Å². The van der Waals surface area contributed by atoms with Crippen LogP contribution >= 0.6 is 15.9 Å². The van der Waals surface area contributed by atoms with Crippen LogP contribution in [0.4, 0.5) is 5.69 Å². The highest BCUT2D eigenvalue weighted by Gasteiger charge is 2.12. The lowest BCUT2D eigenvalue weighted by atomic mass is 10.2. The Morgan fingerprint density at radius 3 is 2.61 bits per heavy atom. The standard InChI is InChI=1S/C12H12BrN3O2/c1-7-3-4-9(8(13)5-7)18-12-10(14)11(17-2)15-6-16-12/h3-6H,14H2,1-2H3. The summed E-state index contributed by atoms with van der Waals surface area (Å²) in [6, 6.07) is 5.73. The van der Waals surface area contributed by atoms with E-state index in [9.17, 15) is 0 Å². The molecule has 0 aliphatic heterocycles. The average Bonchev–Trinajstić information content (AvgIpc) is 2.35. The Morgan fingerprint density at radius 1 is 1.22 bits per heavy atom. The van der Waals surface area contributed by atoms with Crippen LogP contribution in [0.3, 0.4) is 0 Å². The fraction of sp³-hybridized carbons (Fsp3) is 0.167. The number of nitrogens with two attached hydrogens (primary N) is 1. The zero-order chi connectivity index (χ0) is 13.1. The van der Waals surface area contributed by atoms with Crippen molar-refractivity contribution in [2.24, 2.45) is 0 Å². The Balaban J connectivity index is 2.34. The first-order chi connectivity index (χ1) is 8.61. The van der Waals surface area contributed by atoms with Crippen molar-refractivity contribution in [1.82, 2.24) is 9.97 Å². The van der Waals surface area contributed by atoms with Crippen molar-refractivity contribution in [3.63, 3.8) is 0 Å². The van der Waals surface area contributed by atoms with Crippen LogP contribution in [-0.4, -0.2) is 17.1 Å².